The van der Waals surface area contributed by atoms with Crippen LogP contribution in [0, 0.1) is 5.92 Å². The minimum atomic E-state index is -0.276. The van der Waals surface area contributed by atoms with Gasteiger partial charge in [-0.15, -0.1) is 0 Å². The molecule has 3 aromatic carbocycles. The zero-order chi connectivity index (χ0) is 23.5. The second kappa shape index (κ2) is 9.64. The van der Waals surface area contributed by atoms with E-state index in [0.29, 0.717) is 24.7 Å². The first kappa shape index (κ1) is 22.1. The van der Waals surface area contributed by atoms with Gasteiger partial charge in [0, 0.05) is 11.6 Å². The van der Waals surface area contributed by atoms with Gasteiger partial charge < -0.3 is 19.5 Å². The number of hydrogen-bond acceptors (Lipinski definition) is 5. The molecule has 0 bridgehead atoms. The number of carbonyl (C=O) groups is 1. The normalized spacial score (nSPS) is 20.1. The molecule has 1 N–H and O–H groups in total. The van der Waals surface area contributed by atoms with E-state index in [9.17, 15) is 4.79 Å². The number of ether oxygens (including phenoxy) is 3. The van der Waals surface area contributed by atoms with Gasteiger partial charge in [0.05, 0.1) is 25.3 Å². The summed E-state index contributed by atoms with van der Waals surface area (Å²) in [7, 11) is 1.68. The fourth-order valence-corrected chi connectivity index (χ4v) is 5.00. The Bertz CT molecular complexity index is 1200. The molecule has 0 amide bonds. The van der Waals surface area contributed by atoms with Gasteiger partial charge in [-0.1, -0.05) is 48.6 Å². The molecule has 0 spiro atoms. The Labute approximate surface area is 200 Å². The summed E-state index contributed by atoms with van der Waals surface area (Å²) in [6, 6.07) is 22.2. The monoisotopic (exact) mass is 455 g/mol. The third-order valence-electron chi connectivity index (χ3n) is 6.66. The number of fused-ring (bicyclic) bond motifs is 3. The van der Waals surface area contributed by atoms with Gasteiger partial charge in [0.1, 0.15) is 6.61 Å². The molecule has 0 radical (unpaired) electrons. The standard InChI is InChI=1S/C29H29NO4/c1-3-33-29(31)21-12-14-25-24(16-21)22-10-7-11-23(22)28(30-25)20-13-15-26(27(17-20)32-2)34-18-19-8-5-4-6-9-19/h4-10,12-17,22-23,28,30H,3,11,18H2,1-2H3/t22-,23+,28+/m1/s1. The number of methoxy groups -OCH3 is 1. The predicted octanol–water partition coefficient (Wildman–Crippen LogP) is 6.28. The number of nitrogens with one attached hydrogen (secondary N) is 1. The van der Waals surface area contributed by atoms with Crippen molar-refractivity contribution in [3.63, 3.8) is 0 Å². The number of benzene rings is 3. The Hall–Kier alpha value is -3.73. The molecule has 2 aliphatic rings. The fourth-order valence-electron chi connectivity index (χ4n) is 5.00. The van der Waals surface area contributed by atoms with E-state index in [1.54, 1.807) is 7.11 Å². The molecule has 5 heteroatoms. The van der Waals surface area contributed by atoms with E-state index >= 15 is 0 Å². The van der Waals surface area contributed by atoms with E-state index < -0.39 is 0 Å². The smallest absolute Gasteiger partial charge is 0.338 e. The highest BCUT2D eigenvalue weighted by molar-refractivity contribution is 5.90. The van der Waals surface area contributed by atoms with Gasteiger partial charge >= 0.3 is 5.97 Å². The quantitative estimate of drug-likeness (QED) is 0.336. The molecule has 5 nitrogen and oxygen atoms in total. The molecule has 0 fully saturated rings. The molecular weight excluding hydrogens is 426 g/mol. The summed E-state index contributed by atoms with van der Waals surface area (Å²) in [6.07, 6.45) is 5.48. The zero-order valence-electron chi connectivity index (χ0n) is 19.5. The largest absolute Gasteiger partial charge is 0.493 e. The van der Waals surface area contributed by atoms with Crippen molar-refractivity contribution in [2.45, 2.75) is 31.9 Å². The van der Waals surface area contributed by atoms with Crippen molar-refractivity contribution in [1.29, 1.82) is 0 Å². The van der Waals surface area contributed by atoms with E-state index in [0.717, 1.165) is 40.3 Å². The molecule has 1 aliphatic heterocycles. The second-order valence-corrected chi connectivity index (χ2v) is 8.68. The predicted molar refractivity (Wildman–Crippen MR) is 133 cm³/mol. The lowest BCUT2D eigenvalue weighted by atomic mass is 9.76. The zero-order valence-corrected chi connectivity index (χ0v) is 19.5. The van der Waals surface area contributed by atoms with Gasteiger partial charge in [0.2, 0.25) is 0 Å². The van der Waals surface area contributed by atoms with Crippen LogP contribution >= 0.6 is 0 Å². The minimum absolute atomic E-state index is 0.123. The van der Waals surface area contributed by atoms with Crippen LogP contribution in [0.2, 0.25) is 0 Å². The topological polar surface area (TPSA) is 56.8 Å². The maximum Gasteiger partial charge on any atom is 0.338 e. The van der Waals surface area contributed by atoms with E-state index in [-0.39, 0.29) is 17.9 Å². The van der Waals surface area contributed by atoms with Crippen LogP contribution in [-0.4, -0.2) is 19.7 Å². The molecule has 5 rings (SSSR count). The first-order valence-corrected chi connectivity index (χ1v) is 11.8. The molecule has 0 aromatic heterocycles. The van der Waals surface area contributed by atoms with Crippen molar-refractivity contribution in [2.24, 2.45) is 5.92 Å². The van der Waals surface area contributed by atoms with Crippen LogP contribution in [0.1, 0.15) is 52.4 Å². The van der Waals surface area contributed by atoms with Crippen molar-refractivity contribution in [3.8, 4) is 11.5 Å². The summed E-state index contributed by atoms with van der Waals surface area (Å²) in [5.74, 6) is 1.77. The molecule has 3 atom stereocenters. The number of carbonyl (C=O) groups excluding carboxylic acids is 1. The van der Waals surface area contributed by atoms with Crippen LogP contribution < -0.4 is 14.8 Å². The first-order chi connectivity index (χ1) is 16.7. The average molecular weight is 456 g/mol. The van der Waals surface area contributed by atoms with Crippen molar-refractivity contribution in [3.05, 3.63) is 101 Å². The molecule has 0 saturated heterocycles. The van der Waals surface area contributed by atoms with Gasteiger partial charge in [-0.2, -0.15) is 0 Å². The summed E-state index contributed by atoms with van der Waals surface area (Å²) in [4.78, 5) is 12.3. The average Bonchev–Trinajstić information content (AvgIpc) is 3.38. The highest BCUT2D eigenvalue weighted by Crippen LogP contribution is 2.50. The van der Waals surface area contributed by atoms with Crippen LogP contribution in [-0.2, 0) is 11.3 Å². The van der Waals surface area contributed by atoms with Gasteiger partial charge in [-0.05, 0) is 66.3 Å². The Kier molecular flexibility index (Phi) is 6.26. The van der Waals surface area contributed by atoms with Gasteiger partial charge in [0.15, 0.2) is 11.5 Å². The van der Waals surface area contributed by atoms with Crippen LogP contribution in [0.5, 0.6) is 11.5 Å². The second-order valence-electron chi connectivity index (χ2n) is 8.68. The van der Waals surface area contributed by atoms with Crippen LogP contribution in [0.3, 0.4) is 0 Å². The lowest BCUT2D eigenvalue weighted by molar-refractivity contribution is 0.0526. The summed E-state index contributed by atoms with van der Waals surface area (Å²) in [5, 5.41) is 3.72. The molecule has 1 aliphatic carbocycles. The molecule has 0 unspecified atom stereocenters. The molecule has 0 saturated carbocycles. The van der Waals surface area contributed by atoms with Crippen LogP contribution in [0.25, 0.3) is 0 Å². The maximum absolute atomic E-state index is 12.3. The third kappa shape index (κ3) is 4.26. The molecule has 174 valence electrons. The SMILES string of the molecule is CCOC(=O)c1ccc2c(c1)[C@@H]1C=CC[C@@H]1[C@H](c1ccc(OCc3ccccc3)c(OC)c1)N2. The number of hydrogen-bond donors (Lipinski definition) is 1. The van der Waals surface area contributed by atoms with Crippen molar-refractivity contribution in [2.75, 3.05) is 19.0 Å². The molecule has 3 aromatic rings. The van der Waals surface area contributed by atoms with E-state index in [2.05, 4.69) is 29.6 Å². The Morgan fingerprint density at radius 3 is 2.68 bits per heavy atom. The Morgan fingerprint density at radius 2 is 1.88 bits per heavy atom. The first-order valence-electron chi connectivity index (χ1n) is 11.8. The van der Waals surface area contributed by atoms with Crippen molar-refractivity contribution < 1.29 is 19.0 Å². The fraction of sp³-hybridized carbons (Fsp3) is 0.276. The van der Waals surface area contributed by atoms with Crippen LogP contribution in [0.15, 0.2) is 78.9 Å². The third-order valence-corrected chi connectivity index (χ3v) is 6.66. The van der Waals surface area contributed by atoms with E-state index in [1.807, 2.05) is 61.5 Å². The summed E-state index contributed by atoms with van der Waals surface area (Å²) in [5.41, 5.74) is 5.06. The Morgan fingerprint density at radius 1 is 1.03 bits per heavy atom. The van der Waals surface area contributed by atoms with Gasteiger partial charge in [-0.25, -0.2) is 4.79 Å². The highest BCUT2D eigenvalue weighted by Gasteiger charge is 2.38. The molecule has 1 heterocycles. The summed E-state index contributed by atoms with van der Waals surface area (Å²) in [6.45, 7) is 2.68. The van der Waals surface area contributed by atoms with Crippen molar-refractivity contribution in [1.82, 2.24) is 0 Å². The number of esters is 1. The van der Waals surface area contributed by atoms with Crippen LogP contribution in [0.4, 0.5) is 5.69 Å². The minimum Gasteiger partial charge on any atom is -0.493 e. The van der Waals surface area contributed by atoms with Gasteiger partial charge in [-0.3, -0.25) is 0 Å². The number of anilines is 1. The molecule has 34 heavy (non-hydrogen) atoms. The summed E-state index contributed by atoms with van der Waals surface area (Å²) >= 11 is 0. The number of rotatable bonds is 7. The highest BCUT2D eigenvalue weighted by atomic mass is 16.5. The van der Waals surface area contributed by atoms with E-state index in [1.165, 1.54) is 0 Å². The molecular formula is C29H29NO4. The lowest BCUT2D eigenvalue weighted by Crippen LogP contribution is -2.29. The van der Waals surface area contributed by atoms with Crippen molar-refractivity contribution >= 4 is 11.7 Å². The summed E-state index contributed by atoms with van der Waals surface area (Å²) < 4.78 is 16.9. The van der Waals surface area contributed by atoms with E-state index in [4.69, 9.17) is 14.2 Å². The number of allylic oxidation sites excluding steroid dienone is 2. The lowest BCUT2D eigenvalue weighted by Gasteiger charge is -2.38. The van der Waals surface area contributed by atoms with Gasteiger partial charge in [0.25, 0.3) is 0 Å². The Balaban J connectivity index is 1.40. The maximum atomic E-state index is 12.3.